The van der Waals surface area contributed by atoms with Crippen LogP contribution >= 0.6 is 0 Å². The van der Waals surface area contributed by atoms with Gasteiger partial charge in [0.25, 0.3) is 5.91 Å². The van der Waals surface area contributed by atoms with Crippen LogP contribution in [0.25, 0.3) is 0 Å². The van der Waals surface area contributed by atoms with Gasteiger partial charge in [-0.25, -0.2) is 9.97 Å². The van der Waals surface area contributed by atoms with E-state index in [2.05, 4.69) is 32.3 Å². The van der Waals surface area contributed by atoms with Crippen LogP contribution in [0.3, 0.4) is 0 Å². The molecule has 0 saturated heterocycles. The molecule has 1 amide bonds. The second-order valence-electron chi connectivity index (χ2n) is 6.44. The molecule has 0 fully saturated rings. The van der Waals surface area contributed by atoms with Gasteiger partial charge < -0.3 is 10.2 Å². The number of anilines is 2. The number of hydrogen-bond donors (Lipinski definition) is 1. The minimum Gasteiger partial charge on any atom is -0.347 e. The molecule has 130 valence electrons. The second kappa shape index (κ2) is 6.96. The van der Waals surface area contributed by atoms with Crippen molar-refractivity contribution >= 4 is 17.5 Å². The molecule has 3 aromatic rings. The fraction of sp³-hybridized carbons (Fsp3) is 0.190. The molecule has 1 aromatic heterocycles. The van der Waals surface area contributed by atoms with Gasteiger partial charge in [0.15, 0.2) is 0 Å². The Hall–Kier alpha value is -3.21. The third-order valence-corrected chi connectivity index (χ3v) is 4.58. The molecule has 0 aliphatic carbocycles. The molecule has 0 bridgehead atoms. The van der Waals surface area contributed by atoms with Crippen LogP contribution in [0, 0.1) is 6.92 Å². The molecule has 5 heteroatoms. The van der Waals surface area contributed by atoms with Crippen molar-refractivity contribution in [3.8, 4) is 0 Å². The van der Waals surface area contributed by atoms with E-state index < -0.39 is 0 Å². The normalized spacial score (nSPS) is 12.7. The zero-order chi connectivity index (χ0) is 17.9. The molecule has 1 aliphatic heterocycles. The predicted molar refractivity (Wildman–Crippen MR) is 102 cm³/mol. The number of hydrogen-bond acceptors (Lipinski definition) is 4. The first-order valence-electron chi connectivity index (χ1n) is 8.73. The third kappa shape index (κ3) is 3.28. The van der Waals surface area contributed by atoms with Gasteiger partial charge in [0.2, 0.25) is 5.95 Å². The van der Waals surface area contributed by atoms with Gasteiger partial charge in [0, 0.05) is 25.0 Å². The van der Waals surface area contributed by atoms with Crippen LogP contribution in [-0.2, 0) is 13.0 Å². The van der Waals surface area contributed by atoms with E-state index in [9.17, 15) is 4.79 Å². The van der Waals surface area contributed by atoms with Crippen molar-refractivity contribution in [1.29, 1.82) is 0 Å². The number of nitrogens with one attached hydrogen (secondary N) is 1. The van der Waals surface area contributed by atoms with Gasteiger partial charge in [0.05, 0.1) is 0 Å². The van der Waals surface area contributed by atoms with Crippen LogP contribution in [0.15, 0.2) is 60.8 Å². The lowest BCUT2D eigenvalue weighted by molar-refractivity contribution is 0.0946. The summed E-state index contributed by atoms with van der Waals surface area (Å²) in [6.07, 6.45) is 2.60. The summed E-state index contributed by atoms with van der Waals surface area (Å²) in [5.41, 5.74) is 5.04. The van der Waals surface area contributed by atoms with Crippen molar-refractivity contribution in [3.63, 3.8) is 0 Å². The maximum atomic E-state index is 12.5. The summed E-state index contributed by atoms with van der Waals surface area (Å²) in [6, 6.07) is 18.0. The summed E-state index contributed by atoms with van der Waals surface area (Å²) in [4.78, 5) is 23.4. The highest BCUT2D eigenvalue weighted by atomic mass is 16.1. The van der Waals surface area contributed by atoms with Gasteiger partial charge in [0.1, 0.15) is 5.69 Å². The number of rotatable bonds is 4. The Morgan fingerprint density at radius 1 is 1.12 bits per heavy atom. The molecule has 1 aliphatic rings. The third-order valence-electron chi connectivity index (χ3n) is 4.58. The molecule has 1 N–H and O–H groups in total. The van der Waals surface area contributed by atoms with Gasteiger partial charge in [-0.15, -0.1) is 0 Å². The summed E-state index contributed by atoms with van der Waals surface area (Å²) in [6.45, 7) is 3.35. The quantitative estimate of drug-likeness (QED) is 0.788. The van der Waals surface area contributed by atoms with Gasteiger partial charge in [-0.2, -0.15) is 0 Å². The van der Waals surface area contributed by atoms with Crippen LogP contribution < -0.4 is 10.2 Å². The topological polar surface area (TPSA) is 58.1 Å². The van der Waals surface area contributed by atoms with Crippen molar-refractivity contribution in [2.75, 3.05) is 11.4 Å². The molecule has 0 atom stereocenters. The van der Waals surface area contributed by atoms with E-state index in [4.69, 9.17) is 0 Å². The molecular formula is C21H20N4O. The number of aryl methyl sites for hydroxylation is 1. The summed E-state index contributed by atoms with van der Waals surface area (Å²) >= 11 is 0. The van der Waals surface area contributed by atoms with Gasteiger partial charge >= 0.3 is 0 Å². The van der Waals surface area contributed by atoms with E-state index in [1.54, 1.807) is 12.3 Å². The van der Waals surface area contributed by atoms with E-state index in [0.29, 0.717) is 18.2 Å². The standard InChI is InChI=1S/C21H20N4O/c1-15-6-8-16(9-7-15)14-23-20(26)18-10-12-22-21(24-18)25-13-11-17-4-2-3-5-19(17)25/h2-10,12H,11,13-14H2,1H3,(H,23,26). The van der Waals surface area contributed by atoms with Crippen molar-refractivity contribution < 1.29 is 4.79 Å². The number of aromatic nitrogens is 2. The van der Waals surface area contributed by atoms with E-state index in [0.717, 1.165) is 24.2 Å². The molecule has 0 spiro atoms. The highest BCUT2D eigenvalue weighted by Crippen LogP contribution is 2.31. The average Bonchev–Trinajstić information content (AvgIpc) is 3.11. The number of nitrogens with zero attached hydrogens (tertiary/aromatic N) is 3. The summed E-state index contributed by atoms with van der Waals surface area (Å²) in [5, 5.41) is 2.92. The maximum absolute atomic E-state index is 12.5. The van der Waals surface area contributed by atoms with Gasteiger partial charge in [-0.3, -0.25) is 4.79 Å². The molecule has 0 unspecified atom stereocenters. The Morgan fingerprint density at radius 3 is 2.77 bits per heavy atom. The van der Waals surface area contributed by atoms with Crippen LogP contribution in [0.2, 0.25) is 0 Å². The Kier molecular flexibility index (Phi) is 4.35. The van der Waals surface area contributed by atoms with Crippen molar-refractivity contribution in [1.82, 2.24) is 15.3 Å². The largest absolute Gasteiger partial charge is 0.347 e. The number of benzene rings is 2. The van der Waals surface area contributed by atoms with Gasteiger partial charge in [-0.1, -0.05) is 48.0 Å². The first-order chi connectivity index (χ1) is 12.7. The lowest BCUT2D eigenvalue weighted by atomic mass is 10.1. The molecular weight excluding hydrogens is 324 g/mol. The minimum absolute atomic E-state index is 0.193. The number of fused-ring (bicyclic) bond motifs is 1. The predicted octanol–water partition coefficient (Wildman–Crippen LogP) is 3.41. The zero-order valence-electron chi connectivity index (χ0n) is 14.6. The molecule has 0 saturated carbocycles. The smallest absolute Gasteiger partial charge is 0.270 e. The fourth-order valence-electron chi connectivity index (χ4n) is 3.13. The first kappa shape index (κ1) is 16.3. The van der Waals surface area contributed by atoms with Gasteiger partial charge in [-0.05, 0) is 36.6 Å². The first-order valence-corrected chi connectivity index (χ1v) is 8.73. The zero-order valence-corrected chi connectivity index (χ0v) is 14.6. The Bertz CT molecular complexity index is 937. The second-order valence-corrected chi connectivity index (χ2v) is 6.44. The number of carbonyl (C=O) groups excluding carboxylic acids is 1. The van der Waals surface area contributed by atoms with E-state index >= 15 is 0 Å². The molecule has 4 rings (SSSR count). The van der Waals surface area contributed by atoms with Crippen molar-refractivity contribution in [2.45, 2.75) is 19.9 Å². The van der Waals surface area contributed by atoms with Crippen molar-refractivity contribution in [3.05, 3.63) is 83.2 Å². The Morgan fingerprint density at radius 2 is 1.92 bits per heavy atom. The SMILES string of the molecule is Cc1ccc(CNC(=O)c2ccnc(N3CCc4ccccc43)n2)cc1. The maximum Gasteiger partial charge on any atom is 0.270 e. The number of amides is 1. The Labute approximate surface area is 152 Å². The molecule has 2 aromatic carbocycles. The lowest BCUT2D eigenvalue weighted by Gasteiger charge is -2.17. The summed E-state index contributed by atoms with van der Waals surface area (Å²) < 4.78 is 0. The highest BCUT2D eigenvalue weighted by molar-refractivity contribution is 5.92. The Balaban J connectivity index is 1.49. The number of para-hydroxylation sites is 1. The molecule has 26 heavy (non-hydrogen) atoms. The van der Waals surface area contributed by atoms with Crippen LogP contribution in [0.5, 0.6) is 0 Å². The molecule has 2 heterocycles. The van der Waals surface area contributed by atoms with Crippen LogP contribution in [0.1, 0.15) is 27.2 Å². The van der Waals surface area contributed by atoms with Crippen molar-refractivity contribution in [2.24, 2.45) is 0 Å². The fourth-order valence-corrected chi connectivity index (χ4v) is 3.13. The van der Waals surface area contributed by atoms with E-state index in [1.165, 1.54) is 11.1 Å². The number of carbonyl (C=O) groups is 1. The van der Waals surface area contributed by atoms with Crippen LogP contribution in [-0.4, -0.2) is 22.4 Å². The minimum atomic E-state index is -0.193. The summed E-state index contributed by atoms with van der Waals surface area (Å²) in [7, 11) is 0. The van der Waals surface area contributed by atoms with Crippen LogP contribution in [0.4, 0.5) is 11.6 Å². The average molecular weight is 344 g/mol. The molecule has 5 nitrogen and oxygen atoms in total. The lowest BCUT2D eigenvalue weighted by Crippen LogP contribution is -2.25. The van der Waals surface area contributed by atoms with E-state index in [-0.39, 0.29) is 5.91 Å². The molecule has 0 radical (unpaired) electrons. The highest BCUT2D eigenvalue weighted by Gasteiger charge is 2.22. The monoisotopic (exact) mass is 344 g/mol. The van der Waals surface area contributed by atoms with E-state index in [1.807, 2.05) is 43.3 Å². The summed E-state index contributed by atoms with van der Waals surface area (Å²) in [5.74, 6) is 0.375.